The smallest absolute Gasteiger partial charge is 0.433 e. The van der Waals surface area contributed by atoms with Crippen LogP contribution in [0.15, 0.2) is 53.1 Å². The third kappa shape index (κ3) is 3.56. The molecule has 1 N–H and O–H groups in total. The van der Waals surface area contributed by atoms with Crippen molar-refractivity contribution in [2.24, 2.45) is 0 Å². The van der Waals surface area contributed by atoms with Crippen LogP contribution in [-0.4, -0.2) is 20.5 Å². The maximum absolute atomic E-state index is 13.6. The van der Waals surface area contributed by atoms with Crippen LogP contribution in [0.25, 0.3) is 17.1 Å². The first-order valence-corrected chi connectivity index (χ1v) is 8.32. The summed E-state index contributed by atoms with van der Waals surface area (Å²) in [6.45, 7) is 1.56. The van der Waals surface area contributed by atoms with E-state index in [4.69, 9.17) is 4.42 Å². The number of aryl methyl sites for hydroxylation is 1. The molecule has 0 unspecified atom stereocenters. The number of nitrogens with one attached hydrogen (secondary N) is 1. The van der Waals surface area contributed by atoms with Crippen LogP contribution in [0.2, 0.25) is 0 Å². The van der Waals surface area contributed by atoms with Gasteiger partial charge in [-0.25, -0.2) is 13.9 Å². The molecule has 0 saturated heterocycles. The SMILES string of the molecule is Cc1ccc(NC(=O)c2cc3nc(-c4ccco4)cc(C(F)(F)F)n3n2)cc1F. The number of amides is 1. The van der Waals surface area contributed by atoms with Crippen molar-refractivity contribution in [3.63, 3.8) is 0 Å². The number of carbonyl (C=O) groups is 1. The zero-order valence-electron chi connectivity index (χ0n) is 14.8. The van der Waals surface area contributed by atoms with Gasteiger partial charge in [0.1, 0.15) is 11.5 Å². The Morgan fingerprint density at radius 1 is 1.17 bits per heavy atom. The van der Waals surface area contributed by atoms with Crippen molar-refractivity contribution >= 4 is 17.2 Å². The van der Waals surface area contributed by atoms with E-state index >= 15 is 0 Å². The molecule has 4 rings (SSSR count). The lowest BCUT2D eigenvalue weighted by Gasteiger charge is -2.09. The van der Waals surface area contributed by atoms with Crippen LogP contribution in [0.1, 0.15) is 21.7 Å². The van der Waals surface area contributed by atoms with E-state index in [9.17, 15) is 22.4 Å². The van der Waals surface area contributed by atoms with Gasteiger partial charge in [-0.3, -0.25) is 4.79 Å². The zero-order chi connectivity index (χ0) is 20.8. The lowest BCUT2D eigenvalue weighted by Crippen LogP contribution is -2.15. The Balaban J connectivity index is 1.76. The van der Waals surface area contributed by atoms with Crippen LogP contribution in [0.4, 0.5) is 23.2 Å². The number of furan rings is 1. The Labute approximate surface area is 160 Å². The van der Waals surface area contributed by atoms with Gasteiger partial charge < -0.3 is 9.73 Å². The van der Waals surface area contributed by atoms with Gasteiger partial charge in [0.05, 0.1) is 6.26 Å². The summed E-state index contributed by atoms with van der Waals surface area (Å²) in [5.74, 6) is -1.19. The van der Waals surface area contributed by atoms with Crippen LogP contribution < -0.4 is 5.32 Å². The first-order valence-electron chi connectivity index (χ1n) is 8.32. The fourth-order valence-electron chi connectivity index (χ4n) is 2.70. The Morgan fingerprint density at radius 3 is 2.62 bits per heavy atom. The number of carbonyl (C=O) groups excluding carboxylic acids is 1. The molecule has 148 valence electrons. The molecule has 0 aliphatic carbocycles. The standard InChI is InChI=1S/C19H12F4N4O2/c1-10-4-5-11(7-12(10)20)24-18(28)14-9-17-25-13(15-3-2-6-29-15)8-16(19(21,22)23)27(17)26-14/h2-9H,1H3,(H,24,28). The van der Waals surface area contributed by atoms with E-state index in [2.05, 4.69) is 15.4 Å². The predicted octanol–water partition coefficient (Wildman–Crippen LogP) is 4.71. The molecular formula is C19H12F4N4O2. The third-order valence-corrected chi connectivity index (χ3v) is 4.15. The maximum Gasteiger partial charge on any atom is 0.433 e. The van der Waals surface area contributed by atoms with Crippen molar-refractivity contribution in [1.82, 2.24) is 14.6 Å². The molecule has 4 aromatic rings. The lowest BCUT2D eigenvalue weighted by molar-refractivity contribution is -0.142. The normalized spacial score (nSPS) is 11.8. The first kappa shape index (κ1) is 18.7. The van der Waals surface area contributed by atoms with Gasteiger partial charge in [-0.2, -0.15) is 18.3 Å². The number of benzene rings is 1. The van der Waals surface area contributed by atoms with Crippen LogP contribution in [-0.2, 0) is 6.18 Å². The Bertz CT molecular complexity index is 1210. The van der Waals surface area contributed by atoms with E-state index in [1.54, 1.807) is 6.92 Å². The monoisotopic (exact) mass is 404 g/mol. The average Bonchev–Trinajstić information content (AvgIpc) is 3.32. The molecule has 3 heterocycles. The summed E-state index contributed by atoms with van der Waals surface area (Å²) in [5.41, 5.74) is -1.13. The molecule has 0 aliphatic rings. The summed E-state index contributed by atoms with van der Waals surface area (Å²) in [5, 5.41) is 6.14. The first-order chi connectivity index (χ1) is 13.7. The fourth-order valence-corrected chi connectivity index (χ4v) is 2.70. The Kier molecular flexibility index (Phi) is 4.33. The van der Waals surface area contributed by atoms with E-state index in [1.807, 2.05) is 0 Å². The highest BCUT2D eigenvalue weighted by Gasteiger charge is 2.36. The number of aromatic nitrogens is 3. The minimum absolute atomic E-state index is 0.0534. The molecule has 1 amide bonds. The Hall–Kier alpha value is -3.69. The molecule has 0 saturated carbocycles. The molecule has 0 aliphatic heterocycles. The average molecular weight is 404 g/mol. The molecule has 10 heteroatoms. The highest BCUT2D eigenvalue weighted by Crippen LogP contribution is 2.32. The predicted molar refractivity (Wildman–Crippen MR) is 94.8 cm³/mol. The zero-order valence-corrected chi connectivity index (χ0v) is 14.8. The van der Waals surface area contributed by atoms with E-state index in [1.165, 1.54) is 30.5 Å². The number of anilines is 1. The third-order valence-electron chi connectivity index (χ3n) is 4.15. The van der Waals surface area contributed by atoms with Crippen molar-refractivity contribution < 1.29 is 26.8 Å². The molecule has 29 heavy (non-hydrogen) atoms. The number of hydrogen-bond acceptors (Lipinski definition) is 4. The summed E-state index contributed by atoms with van der Waals surface area (Å²) in [4.78, 5) is 16.5. The van der Waals surface area contributed by atoms with Crippen molar-refractivity contribution in [2.45, 2.75) is 13.1 Å². The van der Waals surface area contributed by atoms with Gasteiger partial charge in [0.25, 0.3) is 5.91 Å². The van der Waals surface area contributed by atoms with Gasteiger partial charge in [0.15, 0.2) is 22.8 Å². The van der Waals surface area contributed by atoms with E-state index in [0.29, 0.717) is 10.1 Å². The molecule has 0 bridgehead atoms. The van der Waals surface area contributed by atoms with Crippen LogP contribution >= 0.6 is 0 Å². The summed E-state index contributed by atoms with van der Waals surface area (Å²) in [7, 11) is 0. The summed E-state index contributed by atoms with van der Waals surface area (Å²) in [6, 6.07) is 8.93. The van der Waals surface area contributed by atoms with Crippen LogP contribution in [0, 0.1) is 12.7 Å². The van der Waals surface area contributed by atoms with Gasteiger partial charge in [-0.15, -0.1) is 0 Å². The number of rotatable bonds is 3. The number of hydrogen-bond donors (Lipinski definition) is 1. The largest absolute Gasteiger partial charge is 0.463 e. The van der Waals surface area contributed by atoms with Crippen LogP contribution in [0.5, 0.6) is 0 Å². The molecule has 0 radical (unpaired) electrons. The van der Waals surface area contributed by atoms with Crippen molar-refractivity contribution in [1.29, 1.82) is 0 Å². The maximum atomic E-state index is 13.6. The van der Waals surface area contributed by atoms with Crippen molar-refractivity contribution in [2.75, 3.05) is 5.32 Å². The van der Waals surface area contributed by atoms with Gasteiger partial charge in [0.2, 0.25) is 0 Å². The number of fused-ring (bicyclic) bond motifs is 1. The van der Waals surface area contributed by atoms with E-state index in [0.717, 1.165) is 18.2 Å². The van der Waals surface area contributed by atoms with Gasteiger partial charge >= 0.3 is 6.18 Å². The molecular weight excluding hydrogens is 392 g/mol. The lowest BCUT2D eigenvalue weighted by atomic mass is 10.2. The molecule has 6 nitrogen and oxygen atoms in total. The second-order valence-electron chi connectivity index (χ2n) is 6.22. The number of halogens is 4. The van der Waals surface area contributed by atoms with E-state index < -0.39 is 23.6 Å². The second kappa shape index (κ2) is 6.73. The Morgan fingerprint density at radius 2 is 1.97 bits per heavy atom. The summed E-state index contributed by atoms with van der Waals surface area (Å²) in [6.07, 6.45) is -3.44. The summed E-state index contributed by atoms with van der Waals surface area (Å²) < 4.78 is 59.9. The van der Waals surface area contributed by atoms with Gasteiger partial charge in [0, 0.05) is 11.8 Å². The minimum Gasteiger partial charge on any atom is -0.463 e. The van der Waals surface area contributed by atoms with E-state index in [-0.39, 0.29) is 28.5 Å². The molecule has 3 aromatic heterocycles. The fraction of sp³-hybridized carbons (Fsp3) is 0.105. The summed E-state index contributed by atoms with van der Waals surface area (Å²) >= 11 is 0. The van der Waals surface area contributed by atoms with Gasteiger partial charge in [-0.05, 0) is 42.8 Å². The molecule has 0 atom stereocenters. The van der Waals surface area contributed by atoms with Crippen LogP contribution in [0.3, 0.4) is 0 Å². The van der Waals surface area contributed by atoms with Crippen molar-refractivity contribution in [3.05, 3.63) is 71.5 Å². The molecule has 0 spiro atoms. The molecule has 0 fully saturated rings. The number of alkyl halides is 3. The topological polar surface area (TPSA) is 72.4 Å². The van der Waals surface area contributed by atoms with Crippen molar-refractivity contribution in [3.8, 4) is 11.5 Å². The highest BCUT2D eigenvalue weighted by molar-refractivity contribution is 6.03. The highest BCUT2D eigenvalue weighted by atomic mass is 19.4. The number of nitrogens with zero attached hydrogens (tertiary/aromatic N) is 3. The van der Waals surface area contributed by atoms with Gasteiger partial charge in [-0.1, -0.05) is 6.07 Å². The molecule has 1 aromatic carbocycles. The quantitative estimate of drug-likeness (QED) is 0.502. The minimum atomic E-state index is -4.75. The second-order valence-corrected chi connectivity index (χ2v) is 6.22.